The molecule has 7 heteroatoms. The van der Waals surface area contributed by atoms with Crippen molar-refractivity contribution in [2.45, 2.75) is 46.9 Å². The molecule has 27 heavy (non-hydrogen) atoms. The van der Waals surface area contributed by atoms with Gasteiger partial charge < -0.3 is 19.9 Å². The first-order chi connectivity index (χ1) is 13.0. The smallest absolute Gasteiger partial charge is 0.191 e. The summed E-state index contributed by atoms with van der Waals surface area (Å²) in [6, 6.07) is 6.03. The Morgan fingerprint density at radius 2 is 1.96 bits per heavy atom. The van der Waals surface area contributed by atoms with Crippen molar-refractivity contribution in [3.05, 3.63) is 48.3 Å². The first kappa shape index (κ1) is 20.7. The number of benzene rings is 1. The van der Waals surface area contributed by atoms with Gasteiger partial charge in [0.15, 0.2) is 5.96 Å². The van der Waals surface area contributed by atoms with Gasteiger partial charge >= 0.3 is 0 Å². The highest BCUT2D eigenvalue weighted by atomic mass is 19.1. The maximum absolute atomic E-state index is 13.0. The molecule has 1 atom stereocenters. The van der Waals surface area contributed by atoms with Gasteiger partial charge in [0, 0.05) is 25.5 Å². The number of hydrogen-bond donors (Lipinski definition) is 2. The molecule has 2 rings (SSSR count). The van der Waals surface area contributed by atoms with Crippen LogP contribution in [0, 0.1) is 11.7 Å². The van der Waals surface area contributed by atoms with E-state index in [0.717, 1.165) is 18.9 Å². The van der Waals surface area contributed by atoms with E-state index in [-0.39, 0.29) is 11.9 Å². The topological polar surface area (TPSA) is 63.5 Å². The first-order valence-corrected chi connectivity index (χ1v) is 9.42. The lowest BCUT2D eigenvalue weighted by Gasteiger charge is -2.18. The molecule has 148 valence electrons. The fraction of sp³-hybridized carbons (Fsp3) is 0.500. The van der Waals surface area contributed by atoms with E-state index in [0.29, 0.717) is 30.7 Å². The SMILES string of the molecule is CCNC(=NCc1nccn1CC(C)C)NCC(C)Oc1ccc(F)cc1. The van der Waals surface area contributed by atoms with E-state index in [1.807, 2.05) is 26.2 Å². The Labute approximate surface area is 160 Å². The van der Waals surface area contributed by atoms with Crippen LogP contribution in [0.25, 0.3) is 0 Å². The Kier molecular flexibility index (Phi) is 8.10. The summed E-state index contributed by atoms with van der Waals surface area (Å²) in [4.78, 5) is 9.02. The van der Waals surface area contributed by atoms with Gasteiger partial charge in [-0.15, -0.1) is 0 Å². The van der Waals surface area contributed by atoms with Crippen LogP contribution < -0.4 is 15.4 Å². The second-order valence-electron chi connectivity index (χ2n) is 6.85. The highest BCUT2D eigenvalue weighted by molar-refractivity contribution is 5.79. The van der Waals surface area contributed by atoms with Crippen molar-refractivity contribution in [2.24, 2.45) is 10.9 Å². The summed E-state index contributed by atoms with van der Waals surface area (Å²) in [7, 11) is 0. The van der Waals surface area contributed by atoms with Gasteiger partial charge in [-0.2, -0.15) is 0 Å². The molecular weight excluding hydrogens is 345 g/mol. The van der Waals surface area contributed by atoms with Crippen LogP contribution in [0.15, 0.2) is 41.7 Å². The zero-order chi connectivity index (χ0) is 19.6. The lowest BCUT2D eigenvalue weighted by molar-refractivity contribution is 0.223. The number of nitrogens with zero attached hydrogens (tertiary/aromatic N) is 3. The number of aliphatic imine (C=N–C) groups is 1. The summed E-state index contributed by atoms with van der Waals surface area (Å²) in [5.74, 6) is 2.58. The lowest BCUT2D eigenvalue weighted by Crippen LogP contribution is -2.41. The van der Waals surface area contributed by atoms with Gasteiger partial charge in [0.05, 0.1) is 6.54 Å². The Morgan fingerprint density at radius 1 is 1.22 bits per heavy atom. The predicted octanol–water partition coefficient (Wildman–Crippen LogP) is 3.20. The monoisotopic (exact) mass is 375 g/mol. The van der Waals surface area contributed by atoms with E-state index < -0.39 is 0 Å². The summed E-state index contributed by atoms with van der Waals surface area (Å²) in [5, 5.41) is 6.51. The Balaban J connectivity index is 1.89. The molecule has 0 saturated carbocycles. The second-order valence-corrected chi connectivity index (χ2v) is 6.85. The maximum atomic E-state index is 13.0. The van der Waals surface area contributed by atoms with Crippen LogP contribution in [0.5, 0.6) is 5.75 Å². The number of imidazole rings is 1. The molecule has 1 aromatic heterocycles. The van der Waals surface area contributed by atoms with Crippen molar-refractivity contribution in [1.29, 1.82) is 0 Å². The highest BCUT2D eigenvalue weighted by Crippen LogP contribution is 2.12. The molecule has 0 radical (unpaired) electrons. The van der Waals surface area contributed by atoms with Gasteiger partial charge in [0.2, 0.25) is 0 Å². The Morgan fingerprint density at radius 3 is 2.63 bits per heavy atom. The normalized spacial score (nSPS) is 12.9. The minimum atomic E-state index is -0.273. The van der Waals surface area contributed by atoms with E-state index >= 15 is 0 Å². The van der Waals surface area contributed by atoms with Gasteiger partial charge in [-0.1, -0.05) is 13.8 Å². The molecule has 0 fully saturated rings. The molecule has 1 heterocycles. The van der Waals surface area contributed by atoms with Gasteiger partial charge in [-0.3, -0.25) is 0 Å². The summed E-state index contributed by atoms with van der Waals surface area (Å²) >= 11 is 0. The predicted molar refractivity (Wildman–Crippen MR) is 106 cm³/mol. The number of hydrogen-bond acceptors (Lipinski definition) is 3. The van der Waals surface area contributed by atoms with Gasteiger partial charge in [0.1, 0.15) is 30.0 Å². The number of ether oxygens (including phenoxy) is 1. The largest absolute Gasteiger partial charge is 0.489 e. The van der Waals surface area contributed by atoms with Crippen LogP contribution in [0.2, 0.25) is 0 Å². The third kappa shape index (κ3) is 7.29. The molecule has 0 amide bonds. The molecule has 0 saturated heterocycles. The van der Waals surface area contributed by atoms with Gasteiger partial charge in [-0.05, 0) is 44.0 Å². The summed E-state index contributed by atoms with van der Waals surface area (Å²) in [5.41, 5.74) is 0. The Bertz CT molecular complexity index is 711. The van der Waals surface area contributed by atoms with Crippen molar-refractivity contribution in [1.82, 2.24) is 20.2 Å². The van der Waals surface area contributed by atoms with Crippen molar-refractivity contribution in [2.75, 3.05) is 13.1 Å². The number of guanidine groups is 1. The summed E-state index contributed by atoms with van der Waals surface area (Å²) in [6.07, 6.45) is 3.71. The number of rotatable bonds is 9. The minimum absolute atomic E-state index is 0.0951. The fourth-order valence-electron chi connectivity index (χ4n) is 2.57. The zero-order valence-corrected chi connectivity index (χ0v) is 16.6. The molecule has 0 aliphatic carbocycles. The Hall–Kier alpha value is -2.57. The first-order valence-electron chi connectivity index (χ1n) is 9.42. The van der Waals surface area contributed by atoms with Crippen LogP contribution in [-0.4, -0.2) is 34.7 Å². The van der Waals surface area contributed by atoms with Crippen LogP contribution in [0.4, 0.5) is 4.39 Å². The van der Waals surface area contributed by atoms with E-state index in [4.69, 9.17) is 4.74 Å². The molecule has 1 unspecified atom stereocenters. The van der Waals surface area contributed by atoms with E-state index in [9.17, 15) is 4.39 Å². The second kappa shape index (κ2) is 10.5. The van der Waals surface area contributed by atoms with Crippen LogP contribution in [-0.2, 0) is 13.1 Å². The van der Waals surface area contributed by atoms with Crippen molar-refractivity contribution in [3.8, 4) is 5.75 Å². The van der Waals surface area contributed by atoms with E-state index in [2.05, 4.69) is 39.0 Å². The number of aromatic nitrogens is 2. The third-order valence-corrected chi connectivity index (χ3v) is 3.79. The van der Waals surface area contributed by atoms with E-state index in [1.165, 1.54) is 12.1 Å². The minimum Gasteiger partial charge on any atom is -0.489 e. The van der Waals surface area contributed by atoms with Crippen molar-refractivity contribution >= 4 is 5.96 Å². The van der Waals surface area contributed by atoms with Gasteiger partial charge in [-0.25, -0.2) is 14.4 Å². The fourth-order valence-corrected chi connectivity index (χ4v) is 2.57. The molecule has 0 spiro atoms. The molecule has 6 nitrogen and oxygen atoms in total. The molecular formula is C20H30FN5O. The number of nitrogens with one attached hydrogen (secondary N) is 2. The van der Waals surface area contributed by atoms with Crippen molar-refractivity contribution in [3.63, 3.8) is 0 Å². The number of halogens is 1. The summed E-state index contributed by atoms with van der Waals surface area (Å²) < 4.78 is 20.9. The molecule has 1 aromatic carbocycles. The van der Waals surface area contributed by atoms with Crippen LogP contribution in [0.3, 0.4) is 0 Å². The van der Waals surface area contributed by atoms with Crippen LogP contribution >= 0.6 is 0 Å². The molecule has 2 N–H and O–H groups in total. The lowest BCUT2D eigenvalue weighted by atomic mass is 10.2. The summed E-state index contributed by atoms with van der Waals surface area (Å²) in [6.45, 7) is 11.1. The molecule has 0 aliphatic heterocycles. The third-order valence-electron chi connectivity index (χ3n) is 3.79. The average molecular weight is 375 g/mol. The quantitative estimate of drug-likeness (QED) is 0.522. The standard InChI is InChI=1S/C20H30FN5O/c1-5-22-20(25-13-19-23-10-11-26(19)14-15(2)3)24-12-16(4)27-18-8-6-17(21)7-9-18/h6-11,15-16H,5,12-14H2,1-4H3,(H2,22,24,25). The zero-order valence-electron chi connectivity index (χ0n) is 16.6. The van der Waals surface area contributed by atoms with E-state index in [1.54, 1.807) is 12.1 Å². The van der Waals surface area contributed by atoms with Gasteiger partial charge in [0.25, 0.3) is 0 Å². The highest BCUT2D eigenvalue weighted by Gasteiger charge is 2.08. The molecule has 0 bridgehead atoms. The molecule has 2 aromatic rings. The van der Waals surface area contributed by atoms with Crippen molar-refractivity contribution < 1.29 is 9.13 Å². The molecule has 0 aliphatic rings. The van der Waals surface area contributed by atoms with Crippen LogP contribution in [0.1, 0.15) is 33.5 Å². The maximum Gasteiger partial charge on any atom is 0.191 e. The average Bonchev–Trinajstić information content (AvgIpc) is 3.05.